The average molecular weight is 234 g/mol. The van der Waals surface area contributed by atoms with Gasteiger partial charge in [-0.15, -0.1) is 0 Å². The molecule has 5 heteroatoms. The van der Waals surface area contributed by atoms with Crippen molar-refractivity contribution in [3.63, 3.8) is 0 Å². The zero-order valence-corrected chi connectivity index (χ0v) is 9.95. The lowest BCUT2D eigenvalue weighted by atomic mass is 9.98. The highest BCUT2D eigenvalue weighted by molar-refractivity contribution is 7.52. The van der Waals surface area contributed by atoms with E-state index in [2.05, 4.69) is 6.92 Å². The summed E-state index contributed by atoms with van der Waals surface area (Å²) >= 11 is 0. The summed E-state index contributed by atoms with van der Waals surface area (Å²) in [6, 6.07) is 0. The molecule has 0 aromatic carbocycles. The smallest absolute Gasteiger partial charge is 0.324 e. The maximum Gasteiger partial charge on any atom is 0.332 e. The molecule has 0 aliphatic heterocycles. The van der Waals surface area contributed by atoms with Gasteiger partial charge in [-0.25, -0.2) is 0 Å². The fraction of sp³-hybridized carbons (Fsp3) is 0.900. The molecule has 0 aromatic heterocycles. The molecule has 0 aromatic rings. The average Bonchev–Trinajstić information content (AvgIpc) is 2.50. The van der Waals surface area contributed by atoms with Gasteiger partial charge >= 0.3 is 7.60 Å². The summed E-state index contributed by atoms with van der Waals surface area (Å²) in [7, 11) is -4.16. The first-order valence-corrected chi connectivity index (χ1v) is 7.29. The van der Waals surface area contributed by atoms with Crippen LogP contribution in [-0.4, -0.2) is 21.7 Å². The summed E-state index contributed by atoms with van der Waals surface area (Å²) in [4.78, 5) is 28.9. The Labute approximate surface area is 90.2 Å². The van der Waals surface area contributed by atoms with Gasteiger partial charge < -0.3 is 9.79 Å². The molecule has 1 rings (SSSR count). The predicted octanol–water partition coefficient (Wildman–Crippen LogP) is 1.95. The number of Topliss-reactive ketones (excluding diaryl/α,β-unsaturated/α-hetero) is 1. The maximum atomic E-state index is 11.5. The Bertz CT molecular complexity index is 271. The van der Waals surface area contributed by atoms with E-state index in [-0.39, 0.29) is 11.7 Å². The van der Waals surface area contributed by atoms with Crippen molar-refractivity contribution < 1.29 is 19.1 Å². The van der Waals surface area contributed by atoms with Crippen LogP contribution in [0, 0.1) is 11.8 Å². The summed E-state index contributed by atoms with van der Waals surface area (Å²) in [5.41, 5.74) is 0. The summed E-state index contributed by atoms with van der Waals surface area (Å²) < 4.78 is 10.7. The second-order valence-corrected chi connectivity index (χ2v) is 6.10. The molecule has 15 heavy (non-hydrogen) atoms. The second-order valence-electron chi connectivity index (χ2n) is 4.45. The van der Waals surface area contributed by atoms with Crippen LogP contribution >= 0.6 is 7.60 Å². The lowest BCUT2D eigenvalue weighted by Crippen LogP contribution is -2.15. The van der Waals surface area contributed by atoms with E-state index >= 15 is 0 Å². The Morgan fingerprint density at radius 1 is 1.40 bits per heavy atom. The van der Waals surface area contributed by atoms with Gasteiger partial charge in [-0.05, 0) is 25.2 Å². The van der Waals surface area contributed by atoms with Crippen molar-refractivity contribution in [3.8, 4) is 0 Å². The summed E-state index contributed by atoms with van der Waals surface area (Å²) in [6.45, 7) is 2.12. The van der Waals surface area contributed by atoms with E-state index in [1.165, 1.54) is 0 Å². The van der Waals surface area contributed by atoms with Crippen LogP contribution in [0.1, 0.15) is 39.0 Å². The number of ketones is 1. The van der Waals surface area contributed by atoms with Gasteiger partial charge in [0.2, 0.25) is 0 Å². The van der Waals surface area contributed by atoms with Crippen LogP contribution < -0.4 is 0 Å². The van der Waals surface area contributed by atoms with E-state index in [9.17, 15) is 9.36 Å². The van der Waals surface area contributed by atoms with Gasteiger partial charge in [0.15, 0.2) is 0 Å². The Morgan fingerprint density at radius 3 is 2.60 bits per heavy atom. The molecule has 4 nitrogen and oxygen atoms in total. The van der Waals surface area contributed by atoms with Gasteiger partial charge in [-0.1, -0.05) is 19.8 Å². The topological polar surface area (TPSA) is 74.6 Å². The van der Waals surface area contributed by atoms with Crippen LogP contribution in [0.4, 0.5) is 0 Å². The minimum Gasteiger partial charge on any atom is -0.324 e. The molecule has 1 aliphatic rings. The van der Waals surface area contributed by atoms with E-state index < -0.39 is 13.8 Å². The first-order chi connectivity index (χ1) is 6.92. The van der Waals surface area contributed by atoms with Gasteiger partial charge in [0, 0.05) is 5.92 Å². The van der Waals surface area contributed by atoms with Crippen LogP contribution in [0.25, 0.3) is 0 Å². The first kappa shape index (κ1) is 12.9. The van der Waals surface area contributed by atoms with Crippen LogP contribution in [0.15, 0.2) is 0 Å². The monoisotopic (exact) mass is 234 g/mol. The van der Waals surface area contributed by atoms with Crippen molar-refractivity contribution in [3.05, 3.63) is 0 Å². The van der Waals surface area contributed by atoms with Crippen LogP contribution in [-0.2, 0) is 9.36 Å². The van der Waals surface area contributed by atoms with Crippen molar-refractivity contribution in [1.82, 2.24) is 0 Å². The standard InChI is InChI=1S/C10H19O4P/c1-2-3-8-4-5-9(6-8)10(11)7-15(12,13)14/h8-9H,2-7H2,1H3,(H2,12,13,14). The van der Waals surface area contributed by atoms with Crippen LogP contribution in [0.5, 0.6) is 0 Å². The highest BCUT2D eigenvalue weighted by Crippen LogP contribution is 2.39. The lowest BCUT2D eigenvalue weighted by molar-refractivity contribution is -0.120. The highest BCUT2D eigenvalue weighted by Gasteiger charge is 2.32. The van der Waals surface area contributed by atoms with Crippen LogP contribution in [0.2, 0.25) is 0 Å². The van der Waals surface area contributed by atoms with E-state index in [4.69, 9.17) is 9.79 Å². The Kier molecular flexibility index (Phi) is 4.50. The lowest BCUT2D eigenvalue weighted by Gasteiger charge is -2.10. The zero-order chi connectivity index (χ0) is 11.5. The molecule has 0 heterocycles. The molecule has 2 unspecified atom stereocenters. The van der Waals surface area contributed by atoms with Gasteiger partial charge in [-0.3, -0.25) is 9.36 Å². The fourth-order valence-corrected chi connectivity index (χ4v) is 3.03. The summed E-state index contributed by atoms with van der Waals surface area (Å²) in [5.74, 6) is 0.233. The fourth-order valence-electron chi connectivity index (χ4n) is 2.37. The van der Waals surface area contributed by atoms with E-state index in [0.717, 1.165) is 32.1 Å². The van der Waals surface area contributed by atoms with Gasteiger partial charge in [0.25, 0.3) is 0 Å². The van der Waals surface area contributed by atoms with Crippen LogP contribution in [0.3, 0.4) is 0 Å². The second kappa shape index (κ2) is 5.24. The largest absolute Gasteiger partial charge is 0.332 e. The van der Waals surface area contributed by atoms with Crippen molar-refractivity contribution >= 4 is 13.4 Å². The normalized spacial score (nSPS) is 26.9. The molecular formula is C10H19O4P. The third kappa shape index (κ3) is 4.45. The van der Waals surface area contributed by atoms with E-state index in [1.807, 2.05) is 0 Å². The third-order valence-electron chi connectivity index (χ3n) is 3.06. The predicted molar refractivity (Wildman–Crippen MR) is 57.7 cm³/mol. The minimum atomic E-state index is -4.16. The molecule has 2 atom stereocenters. The number of carbonyl (C=O) groups excluding carboxylic acids is 1. The van der Waals surface area contributed by atoms with Crippen molar-refractivity contribution in [2.24, 2.45) is 11.8 Å². The zero-order valence-electron chi connectivity index (χ0n) is 9.06. The minimum absolute atomic E-state index is 0.103. The number of carbonyl (C=O) groups is 1. The quantitative estimate of drug-likeness (QED) is 0.713. The Hall–Kier alpha value is -0.180. The molecule has 1 aliphatic carbocycles. The summed E-state index contributed by atoms with van der Waals surface area (Å²) in [6.07, 6.45) is 4.34. The molecule has 1 saturated carbocycles. The molecule has 0 bridgehead atoms. The molecular weight excluding hydrogens is 215 g/mol. The molecule has 88 valence electrons. The highest BCUT2D eigenvalue weighted by atomic mass is 31.2. The number of hydrogen-bond acceptors (Lipinski definition) is 2. The molecule has 0 amide bonds. The maximum absolute atomic E-state index is 11.5. The van der Waals surface area contributed by atoms with Gasteiger partial charge in [-0.2, -0.15) is 0 Å². The molecule has 2 N–H and O–H groups in total. The van der Waals surface area contributed by atoms with Gasteiger partial charge in [0.1, 0.15) is 11.9 Å². The van der Waals surface area contributed by atoms with Gasteiger partial charge in [0.05, 0.1) is 0 Å². The molecule has 0 saturated heterocycles. The molecule has 0 spiro atoms. The third-order valence-corrected chi connectivity index (χ3v) is 3.78. The number of rotatable bonds is 5. The van der Waals surface area contributed by atoms with E-state index in [1.54, 1.807) is 0 Å². The summed E-state index contributed by atoms with van der Waals surface area (Å²) in [5, 5.41) is 0. The number of hydrogen-bond donors (Lipinski definition) is 2. The van der Waals surface area contributed by atoms with Crippen molar-refractivity contribution in [1.29, 1.82) is 0 Å². The van der Waals surface area contributed by atoms with E-state index in [0.29, 0.717) is 5.92 Å². The Balaban J connectivity index is 2.40. The van der Waals surface area contributed by atoms with Crippen molar-refractivity contribution in [2.75, 3.05) is 6.16 Å². The molecule has 0 radical (unpaired) electrons. The molecule has 1 fully saturated rings. The van der Waals surface area contributed by atoms with Crippen molar-refractivity contribution in [2.45, 2.75) is 39.0 Å². The Morgan fingerprint density at radius 2 is 2.07 bits per heavy atom. The first-order valence-electron chi connectivity index (χ1n) is 5.49. The SMILES string of the molecule is CCCC1CCC(C(=O)CP(=O)(O)O)C1.